The maximum absolute atomic E-state index is 11.5. The number of carbonyl (C=O) groups is 1. The Labute approximate surface area is 100 Å². The van der Waals surface area contributed by atoms with E-state index in [9.17, 15) is 4.79 Å². The lowest BCUT2D eigenvalue weighted by Crippen LogP contribution is -2.04. The minimum absolute atomic E-state index is 0.292. The smallest absolute Gasteiger partial charge is 0.338 e. The third kappa shape index (κ3) is 2.69. The molecule has 0 bridgehead atoms. The third-order valence-electron chi connectivity index (χ3n) is 2.36. The van der Waals surface area contributed by atoms with Gasteiger partial charge in [0.1, 0.15) is 0 Å². The topological polar surface area (TPSA) is 39.2 Å². The van der Waals surface area contributed by atoms with Crippen LogP contribution in [-0.4, -0.2) is 17.6 Å². The number of ether oxygens (including phenoxy) is 1. The molecule has 3 nitrogen and oxygen atoms in total. The molecule has 0 unspecified atom stereocenters. The molecule has 0 amide bonds. The standard InChI is InChI=1S/C14H13NO2/c1-2-17-14(16)12-8-6-11(7-9-12)13-5-3-4-10-15-13/h3-10H,2H2,1H3. The summed E-state index contributed by atoms with van der Waals surface area (Å²) in [6.07, 6.45) is 1.74. The summed E-state index contributed by atoms with van der Waals surface area (Å²) < 4.78 is 4.92. The molecule has 86 valence electrons. The molecule has 0 N–H and O–H groups in total. The fraction of sp³-hybridized carbons (Fsp3) is 0.143. The Morgan fingerprint density at radius 2 is 1.94 bits per heavy atom. The molecule has 0 aliphatic rings. The Balaban J connectivity index is 2.22. The van der Waals surface area contributed by atoms with Gasteiger partial charge in [-0.2, -0.15) is 0 Å². The average molecular weight is 227 g/mol. The van der Waals surface area contributed by atoms with Crippen LogP contribution >= 0.6 is 0 Å². The minimum atomic E-state index is -0.292. The number of nitrogens with zero attached hydrogens (tertiary/aromatic N) is 1. The summed E-state index contributed by atoms with van der Waals surface area (Å²) in [6, 6.07) is 13.0. The van der Waals surface area contributed by atoms with Gasteiger partial charge in [-0.3, -0.25) is 4.98 Å². The van der Waals surface area contributed by atoms with Gasteiger partial charge in [0, 0.05) is 11.8 Å². The Bertz CT molecular complexity index is 491. The first-order chi connectivity index (χ1) is 8.31. The number of pyridine rings is 1. The van der Waals surface area contributed by atoms with Gasteiger partial charge in [-0.05, 0) is 31.2 Å². The number of esters is 1. The number of rotatable bonds is 3. The van der Waals surface area contributed by atoms with Crippen molar-refractivity contribution in [2.45, 2.75) is 6.92 Å². The molecule has 17 heavy (non-hydrogen) atoms. The second-order valence-corrected chi connectivity index (χ2v) is 3.51. The summed E-state index contributed by atoms with van der Waals surface area (Å²) in [4.78, 5) is 15.7. The van der Waals surface area contributed by atoms with Crippen LogP contribution in [0.25, 0.3) is 11.3 Å². The largest absolute Gasteiger partial charge is 0.462 e. The van der Waals surface area contributed by atoms with Crippen molar-refractivity contribution in [2.24, 2.45) is 0 Å². The maximum atomic E-state index is 11.5. The van der Waals surface area contributed by atoms with Crippen molar-refractivity contribution in [3.8, 4) is 11.3 Å². The molecule has 0 radical (unpaired) electrons. The van der Waals surface area contributed by atoms with Gasteiger partial charge in [-0.25, -0.2) is 4.79 Å². The molecule has 0 atom stereocenters. The van der Waals surface area contributed by atoms with Crippen LogP contribution in [0.3, 0.4) is 0 Å². The van der Waals surface area contributed by atoms with Gasteiger partial charge in [-0.15, -0.1) is 0 Å². The third-order valence-corrected chi connectivity index (χ3v) is 2.36. The van der Waals surface area contributed by atoms with Crippen molar-refractivity contribution >= 4 is 5.97 Å². The predicted octanol–water partition coefficient (Wildman–Crippen LogP) is 2.93. The van der Waals surface area contributed by atoms with E-state index in [0.717, 1.165) is 11.3 Å². The molecule has 2 rings (SSSR count). The molecular weight excluding hydrogens is 214 g/mol. The second-order valence-electron chi connectivity index (χ2n) is 3.51. The highest BCUT2D eigenvalue weighted by molar-refractivity contribution is 5.89. The van der Waals surface area contributed by atoms with Crippen molar-refractivity contribution in [2.75, 3.05) is 6.61 Å². The van der Waals surface area contributed by atoms with E-state index in [1.165, 1.54) is 0 Å². The lowest BCUT2D eigenvalue weighted by Gasteiger charge is -2.03. The summed E-state index contributed by atoms with van der Waals surface area (Å²) in [5.41, 5.74) is 2.44. The normalized spacial score (nSPS) is 9.94. The van der Waals surface area contributed by atoms with Gasteiger partial charge >= 0.3 is 5.97 Å². The molecule has 0 saturated heterocycles. The van der Waals surface area contributed by atoms with Crippen LogP contribution in [0.5, 0.6) is 0 Å². The lowest BCUT2D eigenvalue weighted by atomic mass is 10.1. The molecule has 1 heterocycles. The van der Waals surface area contributed by atoms with E-state index in [-0.39, 0.29) is 5.97 Å². The van der Waals surface area contributed by atoms with Crippen LogP contribution in [0.4, 0.5) is 0 Å². The SMILES string of the molecule is CCOC(=O)c1ccc(-c2ccccn2)cc1. The van der Waals surface area contributed by atoms with Gasteiger partial charge in [0.25, 0.3) is 0 Å². The Kier molecular flexibility index (Phi) is 3.50. The highest BCUT2D eigenvalue weighted by Gasteiger charge is 2.06. The number of hydrogen-bond acceptors (Lipinski definition) is 3. The molecule has 0 fully saturated rings. The Morgan fingerprint density at radius 3 is 2.53 bits per heavy atom. The van der Waals surface area contributed by atoms with Crippen LogP contribution in [0, 0.1) is 0 Å². The van der Waals surface area contributed by atoms with Crippen LogP contribution < -0.4 is 0 Å². The van der Waals surface area contributed by atoms with E-state index < -0.39 is 0 Å². The van der Waals surface area contributed by atoms with E-state index in [0.29, 0.717) is 12.2 Å². The molecule has 0 spiro atoms. The van der Waals surface area contributed by atoms with Crippen molar-refractivity contribution in [1.82, 2.24) is 4.98 Å². The molecule has 2 aromatic rings. The summed E-state index contributed by atoms with van der Waals surface area (Å²) in [7, 11) is 0. The van der Waals surface area contributed by atoms with E-state index in [4.69, 9.17) is 4.74 Å². The first-order valence-corrected chi connectivity index (χ1v) is 5.50. The molecule has 1 aromatic heterocycles. The predicted molar refractivity (Wildman–Crippen MR) is 65.6 cm³/mol. The molecular formula is C14H13NO2. The quantitative estimate of drug-likeness (QED) is 0.757. The molecule has 3 heteroatoms. The highest BCUT2D eigenvalue weighted by atomic mass is 16.5. The summed E-state index contributed by atoms with van der Waals surface area (Å²) in [5, 5.41) is 0. The van der Waals surface area contributed by atoms with Crippen LogP contribution in [0.1, 0.15) is 17.3 Å². The zero-order valence-electron chi connectivity index (χ0n) is 9.59. The minimum Gasteiger partial charge on any atom is -0.462 e. The molecule has 0 aliphatic heterocycles. The average Bonchev–Trinajstić information content (AvgIpc) is 2.40. The van der Waals surface area contributed by atoms with E-state index in [1.807, 2.05) is 30.3 Å². The van der Waals surface area contributed by atoms with Crippen molar-refractivity contribution in [1.29, 1.82) is 0 Å². The fourth-order valence-corrected chi connectivity index (χ4v) is 1.53. The van der Waals surface area contributed by atoms with Gasteiger partial charge < -0.3 is 4.74 Å². The lowest BCUT2D eigenvalue weighted by molar-refractivity contribution is 0.0526. The van der Waals surface area contributed by atoms with E-state index >= 15 is 0 Å². The summed E-state index contributed by atoms with van der Waals surface area (Å²) in [6.45, 7) is 2.18. The van der Waals surface area contributed by atoms with Crippen LogP contribution in [0.15, 0.2) is 48.7 Å². The first-order valence-electron chi connectivity index (χ1n) is 5.50. The van der Waals surface area contributed by atoms with Crippen LogP contribution in [0.2, 0.25) is 0 Å². The van der Waals surface area contributed by atoms with Crippen LogP contribution in [-0.2, 0) is 4.74 Å². The highest BCUT2D eigenvalue weighted by Crippen LogP contribution is 2.17. The molecule has 0 aliphatic carbocycles. The van der Waals surface area contributed by atoms with Crippen molar-refractivity contribution in [3.05, 3.63) is 54.2 Å². The van der Waals surface area contributed by atoms with E-state index in [1.54, 1.807) is 25.3 Å². The van der Waals surface area contributed by atoms with Gasteiger partial charge in [0.05, 0.1) is 17.9 Å². The zero-order valence-corrected chi connectivity index (χ0v) is 9.59. The molecule has 0 saturated carbocycles. The summed E-state index contributed by atoms with van der Waals surface area (Å²) in [5.74, 6) is -0.292. The number of benzene rings is 1. The summed E-state index contributed by atoms with van der Waals surface area (Å²) >= 11 is 0. The van der Waals surface area contributed by atoms with Gasteiger partial charge in [-0.1, -0.05) is 18.2 Å². The fourth-order valence-electron chi connectivity index (χ4n) is 1.53. The van der Waals surface area contributed by atoms with Gasteiger partial charge in [0.2, 0.25) is 0 Å². The maximum Gasteiger partial charge on any atom is 0.338 e. The van der Waals surface area contributed by atoms with Crippen molar-refractivity contribution in [3.63, 3.8) is 0 Å². The number of aromatic nitrogens is 1. The Hall–Kier alpha value is -2.16. The second kappa shape index (κ2) is 5.25. The monoisotopic (exact) mass is 227 g/mol. The first kappa shape index (κ1) is 11.3. The zero-order chi connectivity index (χ0) is 12.1. The number of hydrogen-bond donors (Lipinski definition) is 0. The molecule has 1 aromatic carbocycles. The Morgan fingerprint density at radius 1 is 1.18 bits per heavy atom. The van der Waals surface area contributed by atoms with Gasteiger partial charge in [0.15, 0.2) is 0 Å². The van der Waals surface area contributed by atoms with Crippen molar-refractivity contribution < 1.29 is 9.53 Å². The number of carbonyl (C=O) groups excluding carboxylic acids is 1. The van der Waals surface area contributed by atoms with E-state index in [2.05, 4.69) is 4.98 Å².